The van der Waals surface area contributed by atoms with Gasteiger partial charge in [0.25, 0.3) is 18.9 Å². The minimum atomic E-state index is -7.18. The summed E-state index contributed by atoms with van der Waals surface area (Å²) in [5, 5.41) is 7.87. The van der Waals surface area contributed by atoms with Crippen LogP contribution in [0.2, 0.25) is 0 Å². The highest BCUT2D eigenvalue weighted by Crippen LogP contribution is 2.49. The quantitative estimate of drug-likeness (QED) is 0.201. The maximum absolute atomic E-state index is 13.5. The second-order valence-electron chi connectivity index (χ2n) is 6.80. The summed E-state index contributed by atoms with van der Waals surface area (Å²) in [6, 6.07) is 0. The summed E-state index contributed by atoms with van der Waals surface area (Å²) in [5.41, 5.74) is 0. The Bertz CT molecular complexity index is 776. The summed E-state index contributed by atoms with van der Waals surface area (Å²) < 4.78 is 246. The fraction of sp³-hybridized carbons (Fsp3) is 1.00. The molecule has 0 aliphatic rings. The minimum absolute atomic E-state index is 1.33. The van der Waals surface area contributed by atoms with Crippen molar-refractivity contribution < 1.29 is 103 Å². The number of aliphatic hydroxyl groups excluding tert-OH is 2. The number of alkyl halides is 19. The summed E-state index contributed by atoms with van der Waals surface area (Å²) in [6.07, 6.45) is -47.1. The van der Waals surface area contributed by atoms with Crippen LogP contribution in [0.4, 0.5) is 83.4 Å². The molecule has 0 saturated carbocycles. The average Bonchev–Trinajstić information content (AvgIpc) is 2.72. The smallest absolute Gasteiger partial charge is 0.390 e. The van der Waals surface area contributed by atoms with E-state index in [-0.39, 0.29) is 0 Å². The van der Waals surface area contributed by atoms with Crippen LogP contribution in [-0.4, -0.2) is 93.8 Å². The first-order chi connectivity index (χ1) is 16.9. The second kappa shape index (κ2) is 12.6. The number of rotatable bonds is 15. The van der Waals surface area contributed by atoms with E-state index >= 15 is 0 Å². The van der Waals surface area contributed by atoms with E-state index in [0.717, 1.165) is 0 Å². The van der Waals surface area contributed by atoms with E-state index in [0.29, 0.717) is 0 Å². The molecule has 25 heteroatoms. The summed E-state index contributed by atoms with van der Waals surface area (Å²) in [4.78, 5) is 0. The third-order valence-corrected chi connectivity index (χ3v) is 5.84. The van der Waals surface area contributed by atoms with Crippen LogP contribution in [0, 0.1) is 0 Å². The normalized spacial score (nSPS) is 19.0. The van der Waals surface area contributed by atoms with Crippen LogP contribution in [0.25, 0.3) is 0 Å². The lowest BCUT2D eigenvalue weighted by molar-refractivity contribution is -0.446. The van der Waals surface area contributed by atoms with Gasteiger partial charge in [0.15, 0.2) is 0 Å². The molecule has 0 aromatic carbocycles. The van der Waals surface area contributed by atoms with Gasteiger partial charge in [-0.3, -0.25) is 9.47 Å². The summed E-state index contributed by atoms with van der Waals surface area (Å²) in [7, 11) is 0. The largest absolute Gasteiger partial charge is 0.462 e. The lowest BCUT2D eigenvalue weighted by Gasteiger charge is -2.31. The highest BCUT2D eigenvalue weighted by molar-refractivity contribution is 8.00. The molecule has 0 spiro atoms. The molecule has 0 aliphatic heterocycles. The van der Waals surface area contributed by atoms with Crippen LogP contribution >= 0.6 is 23.5 Å². The third-order valence-electron chi connectivity index (χ3n) is 3.68. The van der Waals surface area contributed by atoms with Crippen LogP contribution in [0.15, 0.2) is 0 Å². The van der Waals surface area contributed by atoms with Crippen molar-refractivity contribution in [2.45, 2.75) is 72.1 Å². The zero-order chi connectivity index (χ0) is 31.6. The monoisotopic (exact) mass is 668 g/mol. The first-order valence-corrected chi connectivity index (χ1v) is 10.8. The zero-order valence-corrected chi connectivity index (χ0v) is 19.1. The van der Waals surface area contributed by atoms with Crippen molar-refractivity contribution in [2.75, 3.05) is 11.5 Å². The van der Waals surface area contributed by atoms with Crippen molar-refractivity contribution in [1.29, 1.82) is 0 Å². The molecule has 39 heavy (non-hydrogen) atoms. The Kier molecular flexibility index (Phi) is 12.4. The van der Waals surface area contributed by atoms with E-state index in [9.17, 15) is 93.6 Å². The lowest BCUT2D eigenvalue weighted by atomic mass is 10.3. The van der Waals surface area contributed by atoms with Crippen LogP contribution in [0.1, 0.15) is 0 Å². The van der Waals surface area contributed by atoms with Crippen molar-refractivity contribution >= 4 is 23.5 Å². The molecule has 2 N–H and O–H groups in total. The Balaban J connectivity index is 5.08. The standard InChI is InChI=1S/C14H11F19O4S2/c15-5(8(18,19)20)9(21,22)36-6(16)10(23,24)38-1-3(34)4(35)2-39-11(25,26)7(17)37-14(32,33)12(27,28)13(29,30)31/h3-7,34-35H,1-2H2. The molecule has 0 amide bonds. The molecule has 0 aromatic rings. The first-order valence-electron chi connectivity index (χ1n) is 8.86. The highest BCUT2D eigenvalue weighted by atomic mass is 32.2. The predicted octanol–water partition coefficient (Wildman–Crippen LogP) is 6.27. The van der Waals surface area contributed by atoms with Gasteiger partial charge in [-0.1, -0.05) is 23.5 Å². The topological polar surface area (TPSA) is 58.9 Å². The second-order valence-corrected chi connectivity index (χ2v) is 9.14. The predicted molar refractivity (Wildman–Crippen MR) is 90.6 cm³/mol. The minimum Gasteiger partial charge on any atom is -0.390 e. The maximum Gasteiger partial charge on any atom is 0.462 e. The fourth-order valence-corrected chi connectivity index (χ4v) is 3.23. The summed E-state index contributed by atoms with van der Waals surface area (Å²) in [6.45, 7) is 0. The molecule has 0 saturated heterocycles. The number of ether oxygens (including phenoxy) is 2. The number of thioether (sulfide) groups is 2. The summed E-state index contributed by atoms with van der Waals surface area (Å²) >= 11 is -2.74. The molecule has 236 valence electrons. The van der Waals surface area contributed by atoms with Crippen LogP contribution in [0.3, 0.4) is 0 Å². The van der Waals surface area contributed by atoms with Crippen molar-refractivity contribution in [3.63, 3.8) is 0 Å². The van der Waals surface area contributed by atoms with Gasteiger partial charge >= 0.3 is 41.0 Å². The van der Waals surface area contributed by atoms with Crippen molar-refractivity contribution in [3.8, 4) is 0 Å². The van der Waals surface area contributed by atoms with Gasteiger partial charge < -0.3 is 10.2 Å². The lowest BCUT2D eigenvalue weighted by Crippen LogP contribution is -2.55. The number of halogens is 19. The Morgan fingerprint density at radius 3 is 1.21 bits per heavy atom. The molecule has 5 unspecified atom stereocenters. The van der Waals surface area contributed by atoms with Crippen LogP contribution < -0.4 is 0 Å². The van der Waals surface area contributed by atoms with E-state index in [2.05, 4.69) is 9.47 Å². The molecular formula is C14H11F19O4S2. The van der Waals surface area contributed by atoms with Gasteiger partial charge in [-0.05, 0) is 0 Å². The molecule has 5 atom stereocenters. The van der Waals surface area contributed by atoms with Crippen LogP contribution in [0.5, 0.6) is 0 Å². The zero-order valence-electron chi connectivity index (χ0n) is 17.5. The van der Waals surface area contributed by atoms with E-state index in [1.54, 1.807) is 0 Å². The molecule has 4 nitrogen and oxygen atoms in total. The Morgan fingerprint density at radius 1 is 0.564 bits per heavy atom. The molecule has 0 bridgehead atoms. The van der Waals surface area contributed by atoms with Gasteiger partial charge in [0.2, 0.25) is 0 Å². The van der Waals surface area contributed by atoms with Gasteiger partial charge in [-0.2, -0.15) is 70.2 Å². The van der Waals surface area contributed by atoms with Crippen molar-refractivity contribution in [2.24, 2.45) is 0 Å². The van der Waals surface area contributed by atoms with E-state index in [4.69, 9.17) is 0 Å². The Labute approximate surface area is 211 Å². The molecule has 0 aromatic heterocycles. The van der Waals surface area contributed by atoms with Crippen LogP contribution in [-0.2, 0) is 9.47 Å². The summed E-state index contributed by atoms with van der Waals surface area (Å²) in [5.74, 6) is -10.8. The van der Waals surface area contributed by atoms with E-state index in [1.807, 2.05) is 0 Å². The highest BCUT2D eigenvalue weighted by Gasteiger charge is 2.76. The number of hydrogen-bond acceptors (Lipinski definition) is 6. The van der Waals surface area contributed by atoms with Gasteiger partial charge in [0.05, 0.1) is 12.2 Å². The average molecular weight is 668 g/mol. The number of hydrogen-bond donors (Lipinski definition) is 2. The van der Waals surface area contributed by atoms with Gasteiger partial charge in [0, 0.05) is 11.5 Å². The first kappa shape index (κ1) is 38.2. The van der Waals surface area contributed by atoms with E-state index in [1.165, 1.54) is 0 Å². The molecule has 0 aliphatic carbocycles. The fourth-order valence-electron chi connectivity index (χ4n) is 1.64. The maximum atomic E-state index is 13.5. The molecule has 0 rings (SSSR count). The molecule has 0 heterocycles. The Morgan fingerprint density at radius 2 is 0.897 bits per heavy atom. The molecule has 0 fully saturated rings. The number of aliphatic hydroxyl groups is 2. The third kappa shape index (κ3) is 10.2. The van der Waals surface area contributed by atoms with E-state index < -0.39 is 107 Å². The SMILES string of the molecule is OC(CSC(F)(F)C(F)OC(F)(F)C(F)C(F)(F)F)C(O)CSC(F)(F)C(F)OC(F)(F)C(F)(F)C(F)(F)F. The van der Waals surface area contributed by atoms with Gasteiger partial charge in [-0.15, -0.1) is 0 Å². The molecular weight excluding hydrogens is 657 g/mol. The van der Waals surface area contributed by atoms with Gasteiger partial charge in [0.1, 0.15) is 0 Å². The Hall–Kier alpha value is -0.790. The van der Waals surface area contributed by atoms with Gasteiger partial charge in [-0.25, -0.2) is 13.2 Å². The molecule has 0 radical (unpaired) electrons. The van der Waals surface area contributed by atoms with Crippen molar-refractivity contribution in [1.82, 2.24) is 0 Å². The van der Waals surface area contributed by atoms with Crippen molar-refractivity contribution in [3.05, 3.63) is 0 Å².